The predicted octanol–water partition coefficient (Wildman–Crippen LogP) is 2.88. The van der Waals surface area contributed by atoms with Gasteiger partial charge in [-0.25, -0.2) is 4.98 Å². The fourth-order valence-corrected chi connectivity index (χ4v) is 1.51. The second-order valence-corrected chi connectivity index (χ2v) is 3.95. The molecule has 1 aromatic heterocycles. The molecule has 0 bridgehead atoms. The Hall–Kier alpha value is -2.61. The van der Waals surface area contributed by atoms with Gasteiger partial charge in [0.2, 0.25) is 11.8 Å². The summed E-state index contributed by atoms with van der Waals surface area (Å²) in [5, 5.41) is 11.9. The van der Waals surface area contributed by atoms with E-state index in [-0.39, 0.29) is 0 Å². The van der Waals surface area contributed by atoms with Crippen molar-refractivity contribution in [3.63, 3.8) is 0 Å². The highest BCUT2D eigenvalue weighted by Crippen LogP contribution is 2.23. The fourth-order valence-electron chi connectivity index (χ4n) is 1.51. The van der Waals surface area contributed by atoms with Crippen molar-refractivity contribution >= 4 is 5.95 Å². The average Bonchev–Trinajstić information content (AvgIpc) is 2.43. The predicted molar refractivity (Wildman–Crippen MR) is 72.2 cm³/mol. The van der Waals surface area contributed by atoms with E-state index in [1.54, 1.807) is 30.5 Å². The number of nitrogens with one attached hydrogen (secondary N) is 1. The van der Waals surface area contributed by atoms with Crippen LogP contribution in [0.2, 0.25) is 0 Å². The van der Waals surface area contributed by atoms with Crippen LogP contribution in [-0.4, -0.2) is 16.5 Å². The van der Waals surface area contributed by atoms with Crippen LogP contribution in [0.25, 0.3) is 0 Å². The zero-order valence-corrected chi connectivity index (χ0v) is 10.8. The van der Waals surface area contributed by atoms with Gasteiger partial charge in [-0.05, 0) is 32.0 Å². The molecule has 1 heterocycles. The van der Waals surface area contributed by atoms with Crippen LogP contribution in [0.4, 0.5) is 5.95 Å². The van der Waals surface area contributed by atoms with Crippen molar-refractivity contribution in [2.75, 3.05) is 11.9 Å². The summed E-state index contributed by atoms with van der Waals surface area (Å²) in [5.74, 6) is 1.60. The lowest BCUT2D eigenvalue weighted by atomic mass is 10.2. The Kier molecular flexibility index (Phi) is 3.94. The van der Waals surface area contributed by atoms with Gasteiger partial charge >= 0.3 is 0 Å². The Morgan fingerprint density at radius 1 is 1.42 bits per heavy atom. The number of nitrogens with zero attached hydrogens (tertiary/aromatic N) is 3. The molecule has 1 N–H and O–H groups in total. The van der Waals surface area contributed by atoms with Gasteiger partial charge < -0.3 is 10.1 Å². The Bertz CT molecular complexity index is 619. The van der Waals surface area contributed by atoms with E-state index < -0.39 is 0 Å². The molecule has 96 valence electrons. The van der Waals surface area contributed by atoms with Crippen molar-refractivity contribution in [2.24, 2.45) is 0 Å². The van der Waals surface area contributed by atoms with Crippen LogP contribution in [0.15, 0.2) is 30.5 Å². The third kappa shape index (κ3) is 3.19. The minimum absolute atomic E-state index is 0.487. The van der Waals surface area contributed by atoms with Crippen LogP contribution in [0.5, 0.6) is 11.6 Å². The minimum atomic E-state index is 0.487. The van der Waals surface area contributed by atoms with Crippen LogP contribution in [0.3, 0.4) is 0 Å². The largest absolute Gasteiger partial charge is 0.439 e. The second-order valence-electron chi connectivity index (χ2n) is 3.95. The number of anilines is 1. The molecule has 5 heteroatoms. The lowest BCUT2D eigenvalue weighted by Crippen LogP contribution is -2.03. The highest BCUT2D eigenvalue weighted by molar-refractivity contribution is 5.40. The van der Waals surface area contributed by atoms with E-state index in [0.29, 0.717) is 23.1 Å². The Morgan fingerprint density at radius 2 is 2.26 bits per heavy atom. The van der Waals surface area contributed by atoms with E-state index in [1.165, 1.54) is 0 Å². The molecule has 0 fully saturated rings. The quantitative estimate of drug-likeness (QED) is 0.908. The molecule has 5 nitrogen and oxygen atoms in total. The number of aromatic nitrogens is 2. The molecule has 19 heavy (non-hydrogen) atoms. The van der Waals surface area contributed by atoms with Gasteiger partial charge in [-0.1, -0.05) is 6.07 Å². The first-order valence-corrected chi connectivity index (χ1v) is 5.98. The van der Waals surface area contributed by atoms with Gasteiger partial charge in [0, 0.05) is 18.3 Å². The molecule has 0 aliphatic carbocycles. The van der Waals surface area contributed by atoms with Crippen LogP contribution >= 0.6 is 0 Å². The number of hydrogen-bond acceptors (Lipinski definition) is 5. The monoisotopic (exact) mass is 254 g/mol. The molecular formula is C14H14N4O. The lowest BCUT2D eigenvalue weighted by molar-refractivity contribution is 0.458. The summed E-state index contributed by atoms with van der Waals surface area (Å²) in [7, 11) is 0. The molecule has 0 saturated carbocycles. The van der Waals surface area contributed by atoms with Crippen molar-refractivity contribution in [1.82, 2.24) is 9.97 Å². The van der Waals surface area contributed by atoms with Crippen LogP contribution in [0, 0.1) is 18.3 Å². The molecular weight excluding hydrogens is 240 g/mol. The summed E-state index contributed by atoms with van der Waals surface area (Å²) in [5.41, 5.74) is 1.39. The smallest absolute Gasteiger partial charge is 0.226 e. The molecule has 0 aliphatic rings. The number of benzene rings is 1. The molecule has 0 unspecified atom stereocenters. The van der Waals surface area contributed by atoms with Crippen molar-refractivity contribution in [3.8, 4) is 17.7 Å². The van der Waals surface area contributed by atoms with Gasteiger partial charge in [-0.3, -0.25) is 0 Å². The maximum atomic E-state index is 8.86. The maximum absolute atomic E-state index is 8.86. The van der Waals surface area contributed by atoms with E-state index in [0.717, 1.165) is 12.1 Å². The molecule has 0 spiro atoms. The molecule has 0 aliphatic heterocycles. The van der Waals surface area contributed by atoms with E-state index in [4.69, 9.17) is 10.00 Å². The Labute approximate surface area is 111 Å². The third-order valence-electron chi connectivity index (χ3n) is 2.44. The van der Waals surface area contributed by atoms with Gasteiger partial charge in [0.25, 0.3) is 0 Å². The summed E-state index contributed by atoms with van der Waals surface area (Å²) < 4.78 is 5.70. The normalized spacial score (nSPS) is 9.74. The topological polar surface area (TPSA) is 70.8 Å². The SMILES string of the molecule is CCNc1ncc(C)c(Oc2cccc(C#N)c2)n1. The zero-order valence-electron chi connectivity index (χ0n) is 10.8. The van der Waals surface area contributed by atoms with Crippen molar-refractivity contribution in [1.29, 1.82) is 5.26 Å². The van der Waals surface area contributed by atoms with Gasteiger partial charge in [0.15, 0.2) is 0 Å². The highest BCUT2D eigenvalue weighted by atomic mass is 16.5. The van der Waals surface area contributed by atoms with Crippen molar-refractivity contribution < 1.29 is 4.74 Å². The number of rotatable bonds is 4. The first-order valence-electron chi connectivity index (χ1n) is 5.98. The van der Waals surface area contributed by atoms with Crippen molar-refractivity contribution in [3.05, 3.63) is 41.6 Å². The first-order chi connectivity index (χ1) is 9.22. The Morgan fingerprint density at radius 3 is 3.00 bits per heavy atom. The molecule has 2 rings (SSSR count). The average molecular weight is 254 g/mol. The van der Waals surface area contributed by atoms with Gasteiger partial charge in [-0.2, -0.15) is 10.2 Å². The van der Waals surface area contributed by atoms with Crippen LogP contribution in [0.1, 0.15) is 18.1 Å². The summed E-state index contributed by atoms with van der Waals surface area (Å²) in [4.78, 5) is 8.43. The number of aryl methyl sites for hydroxylation is 1. The minimum Gasteiger partial charge on any atom is -0.439 e. The van der Waals surface area contributed by atoms with Gasteiger partial charge in [0.1, 0.15) is 5.75 Å². The second kappa shape index (κ2) is 5.83. The molecule has 1 aromatic carbocycles. The summed E-state index contributed by atoms with van der Waals surface area (Å²) in [6.45, 7) is 4.59. The molecule has 2 aromatic rings. The van der Waals surface area contributed by atoms with Gasteiger partial charge in [-0.15, -0.1) is 0 Å². The summed E-state index contributed by atoms with van der Waals surface area (Å²) in [6.07, 6.45) is 1.70. The van der Waals surface area contributed by atoms with Crippen molar-refractivity contribution in [2.45, 2.75) is 13.8 Å². The molecule has 0 radical (unpaired) electrons. The number of nitriles is 1. The standard InChI is InChI=1S/C14H14N4O/c1-3-16-14-17-9-10(2)13(18-14)19-12-6-4-5-11(7-12)8-15/h4-7,9H,3H2,1-2H3,(H,16,17,18). The third-order valence-corrected chi connectivity index (χ3v) is 2.44. The van der Waals surface area contributed by atoms with Crippen LogP contribution in [-0.2, 0) is 0 Å². The van der Waals surface area contributed by atoms with E-state index in [2.05, 4.69) is 21.4 Å². The Balaban J connectivity index is 2.26. The van der Waals surface area contributed by atoms with E-state index in [1.807, 2.05) is 13.8 Å². The molecule has 0 saturated heterocycles. The first kappa shape index (κ1) is 12.8. The van der Waals surface area contributed by atoms with E-state index in [9.17, 15) is 0 Å². The van der Waals surface area contributed by atoms with Gasteiger partial charge in [0.05, 0.1) is 11.6 Å². The van der Waals surface area contributed by atoms with Crippen LogP contribution < -0.4 is 10.1 Å². The maximum Gasteiger partial charge on any atom is 0.226 e. The molecule has 0 atom stereocenters. The summed E-state index contributed by atoms with van der Waals surface area (Å²) in [6, 6.07) is 9.04. The van der Waals surface area contributed by atoms with E-state index >= 15 is 0 Å². The summed E-state index contributed by atoms with van der Waals surface area (Å²) >= 11 is 0. The number of hydrogen-bond donors (Lipinski definition) is 1. The zero-order chi connectivity index (χ0) is 13.7. The lowest BCUT2D eigenvalue weighted by Gasteiger charge is -2.09. The molecule has 0 amide bonds. The fraction of sp³-hybridized carbons (Fsp3) is 0.214. The number of ether oxygens (including phenoxy) is 1. The highest BCUT2D eigenvalue weighted by Gasteiger charge is 2.06.